The summed E-state index contributed by atoms with van der Waals surface area (Å²) >= 11 is 1.49. The van der Waals surface area contributed by atoms with Crippen LogP contribution < -0.4 is 10.9 Å². The minimum absolute atomic E-state index is 0.0725. The van der Waals surface area contributed by atoms with Crippen LogP contribution in [0.15, 0.2) is 34.2 Å². The first-order chi connectivity index (χ1) is 11.0. The summed E-state index contributed by atoms with van der Waals surface area (Å²) in [6.07, 6.45) is 0.271. The molecule has 0 radical (unpaired) electrons. The highest BCUT2D eigenvalue weighted by atomic mass is 32.2. The number of nitrogens with zero attached hydrogens (tertiary/aromatic N) is 2. The first-order valence-corrected chi connectivity index (χ1v) is 8.60. The first-order valence-electron chi connectivity index (χ1n) is 7.61. The third-order valence-electron chi connectivity index (χ3n) is 4.05. The van der Waals surface area contributed by atoms with E-state index in [9.17, 15) is 9.59 Å². The topological polar surface area (TPSA) is 64.0 Å². The summed E-state index contributed by atoms with van der Waals surface area (Å²) in [5.74, 6) is 1.07. The van der Waals surface area contributed by atoms with E-state index in [0.717, 1.165) is 16.9 Å². The highest BCUT2D eigenvalue weighted by Crippen LogP contribution is 2.35. The van der Waals surface area contributed by atoms with Gasteiger partial charge in [0.15, 0.2) is 5.16 Å². The van der Waals surface area contributed by atoms with Gasteiger partial charge in [-0.15, -0.1) is 0 Å². The van der Waals surface area contributed by atoms with E-state index in [2.05, 4.69) is 10.3 Å². The zero-order chi connectivity index (χ0) is 16.6. The van der Waals surface area contributed by atoms with Gasteiger partial charge in [-0.05, 0) is 18.2 Å². The first kappa shape index (κ1) is 15.8. The van der Waals surface area contributed by atoms with E-state index in [-0.39, 0.29) is 23.8 Å². The van der Waals surface area contributed by atoms with Crippen molar-refractivity contribution in [1.29, 1.82) is 0 Å². The van der Waals surface area contributed by atoms with Crippen LogP contribution in [-0.2, 0) is 11.8 Å². The molecule has 2 aromatic rings. The molecule has 23 heavy (non-hydrogen) atoms. The van der Waals surface area contributed by atoms with Crippen molar-refractivity contribution in [2.45, 2.75) is 31.3 Å². The Balaban J connectivity index is 2.18. The minimum atomic E-state index is -0.250. The summed E-state index contributed by atoms with van der Waals surface area (Å²) in [7, 11) is 1.83. The molecule has 1 unspecified atom stereocenters. The average molecular weight is 329 g/mol. The van der Waals surface area contributed by atoms with Gasteiger partial charge in [0.25, 0.3) is 5.56 Å². The zero-order valence-corrected chi connectivity index (χ0v) is 14.2. The van der Waals surface area contributed by atoms with E-state index in [1.165, 1.54) is 11.8 Å². The number of thioether (sulfide) groups is 1. The third-order valence-corrected chi connectivity index (χ3v) is 4.97. The van der Waals surface area contributed by atoms with E-state index in [0.29, 0.717) is 16.5 Å². The average Bonchev–Trinajstić information content (AvgIpc) is 2.52. The maximum Gasteiger partial charge on any atom is 0.279 e. The molecule has 2 heterocycles. The summed E-state index contributed by atoms with van der Waals surface area (Å²) in [4.78, 5) is 28.9. The molecule has 1 aliphatic rings. The number of carbonyl (C=O) groups is 1. The van der Waals surface area contributed by atoms with Crippen LogP contribution in [0.5, 0.6) is 0 Å². The standard InChI is InChI=1S/C17H19N3O2S/c1-4-23-17-19-16(22)14-12(11-7-5-10(2)6-8-11)9-13(21)18-15(14)20(17)3/h5-8,12H,4,9H2,1-3H3,(H,18,21). The quantitative estimate of drug-likeness (QED) is 0.694. The number of rotatable bonds is 3. The molecule has 3 rings (SSSR count). The predicted molar refractivity (Wildman–Crippen MR) is 92.1 cm³/mol. The Hall–Kier alpha value is -2.08. The maximum absolute atomic E-state index is 12.6. The summed E-state index contributed by atoms with van der Waals surface area (Å²) in [6, 6.07) is 7.97. The molecule has 0 saturated carbocycles. The Morgan fingerprint density at radius 1 is 1.30 bits per heavy atom. The van der Waals surface area contributed by atoms with Gasteiger partial charge in [0.05, 0.1) is 5.56 Å². The number of hydrogen-bond acceptors (Lipinski definition) is 4. The van der Waals surface area contributed by atoms with Crippen LogP contribution in [0, 0.1) is 6.92 Å². The lowest BCUT2D eigenvalue weighted by molar-refractivity contribution is -0.116. The van der Waals surface area contributed by atoms with Gasteiger partial charge in [-0.2, -0.15) is 4.98 Å². The zero-order valence-electron chi connectivity index (χ0n) is 13.4. The van der Waals surface area contributed by atoms with Gasteiger partial charge in [0.1, 0.15) is 5.82 Å². The van der Waals surface area contributed by atoms with Gasteiger partial charge in [-0.25, -0.2) is 0 Å². The van der Waals surface area contributed by atoms with Crippen molar-refractivity contribution in [2.75, 3.05) is 11.1 Å². The Bertz CT molecular complexity index is 812. The van der Waals surface area contributed by atoms with Crippen molar-refractivity contribution in [2.24, 2.45) is 7.05 Å². The number of amides is 1. The normalized spacial score (nSPS) is 16.8. The highest BCUT2D eigenvalue weighted by molar-refractivity contribution is 7.99. The SMILES string of the molecule is CCSc1nc(=O)c2c(n1C)NC(=O)CC2c1ccc(C)cc1. The van der Waals surface area contributed by atoms with E-state index in [1.807, 2.05) is 49.7 Å². The molecular weight excluding hydrogens is 310 g/mol. The Labute approximate surface area is 139 Å². The fourth-order valence-electron chi connectivity index (χ4n) is 2.88. The number of nitrogens with one attached hydrogen (secondary N) is 1. The lowest BCUT2D eigenvalue weighted by Gasteiger charge is -2.27. The molecule has 1 aromatic heterocycles. The summed E-state index contributed by atoms with van der Waals surface area (Å²) in [5, 5.41) is 3.48. The van der Waals surface area contributed by atoms with Crippen LogP contribution in [0.2, 0.25) is 0 Å². The third kappa shape index (κ3) is 2.91. The van der Waals surface area contributed by atoms with Crippen molar-refractivity contribution in [1.82, 2.24) is 9.55 Å². The van der Waals surface area contributed by atoms with E-state index < -0.39 is 0 Å². The Morgan fingerprint density at radius 2 is 2.00 bits per heavy atom. The van der Waals surface area contributed by atoms with Crippen molar-refractivity contribution in [3.8, 4) is 0 Å². The molecule has 5 nitrogen and oxygen atoms in total. The number of fused-ring (bicyclic) bond motifs is 1. The van der Waals surface area contributed by atoms with Crippen LogP contribution in [0.1, 0.15) is 36.0 Å². The van der Waals surface area contributed by atoms with Crippen molar-refractivity contribution in [3.05, 3.63) is 51.3 Å². The monoisotopic (exact) mass is 329 g/mol. The van der Waals surface area contributed by atoms with Crippen LogP contribution >= 0.6 is 11.8 Å². The molecule has 1 aromatic carbocycles. The van der Waals surface area contributed by atoms with Crippen molar-refractivity contribution in [3.63, 3.8) is 0 Å². The smallest absolute Gasteiger partial charge is 0.279 e. The van der Waals surface area contributed by atoms with Gasteiger partial charge in [-0.1, -0.05) is 48.5 Å². The molecule has 1 aliphatic heterocycles. The molecular formula is C17H19N3O2S. The highest BCUT2D eigenvalue weighted by Gasteiger charge is 2.31. The lowest BCUT2D eigenvalue weighted by Crippen LogP contribution is -2.33. The van der Waals surface area contributed by atoms with E-state index in [4.69, 9.17) is 0 Å². The summed E-state index contributed by atoms with van der Waals surface area (Å²) in [5.41, 5.74) is 2.45. The van der Waals surface area contributed by atoms with Crippen molar-refractivity contribution < 1.29 is 4.79 Å². The second-order valence-electron chi connectivity index (χ2n) is 5.67. The lowest BCUT2D eigenvalue weighted by atomic mass is 9.86. The van der Waals surface area contributed by atoms with Crippen LogP contribution in [0.4, 0.5) is 5.82 Å². The van der Waals surface area contributed by atoms with Crippen LogP contribution in [0.25, 0.3) is 0 Å². The number of carbonyl (C=O) groups excluding carboxylic acids is 1. The molecule has 0 saturated heterocycles. The number of hydrogen-bond donors (Lipinski definition) is 1. The van der Waals surface area contributed by atoms with Gasteiger partial charge in [-0.3, -0.25) is 9.59 Å². The van der Waals surface area contributed by atoms with Gasteiger partial charge in [0.2, 0.25) is 5.91 Å². The molecule has 0 spiro atoms. The fraction of sp³-hybridized carbons (Fsp3) is 0.353. The Morgan fingerprint density at radius 3 is 2.65 bits per heavy atom. The van der Waals surface area contributed by atoms with E-state index >= 15 is 0 Å². The largest absolute Gasteiger partial charge is 0.312 e. The van der Waals surface area contributed by atoms with E-state index in [1.54, 1.807) is 0 Å². The Kier molecular flexibility index (Phi) is 4.26. The number of benzene rings is 1. The van der Waals surface area contributed by atoms with Gasteiger partial charge < -0.3 is 9.88 Å². The minimum Gasteiger partial charge on any atom is -0.312 e. The number of aryl methyl sites for hydroxylation is 1. The van der Waals surface area contributed by atoms with Crippen LogP contribution in [-0.4, -0.2) is 21.2 Å². The summed E-state index contributed by atoms with van der Waals surface area (Å²) in [6.45, 7) is 4.02. The molecule has 0 bridgehead atoms. The molecule has 0 fully saturated rings. The fourth-order valence-corrected chi connectivity index (χ4v) is 3.57. The van der Waals surface area contributed by atoms with Gasteiger partial charge in [0, 0.05) is 19.4 Å². The number of aromatic nitrogens is 2. The molecule has 6 heteroatoms. The second kappa shape index (κ2) is 6.20. The molecule has 1 amide bonds. The molecule has 120 valence electrons. The summed E-state index contributed by atoms with van der Waals surface area (Å²) < 4.78 is 1.81. The second-order valence-corrected chi connectivity index (χ2v) is 6.90. The van der Waals surface area contributed by atoms with Gasteiger partial charge >= 0.3 is 0 Å². The van der Waals surface area contributed by atoms with Crippen LogP contribution in [0.3, 0.4) is 0 Å². The maximum atomic E-state index is 12.6. The molecule has 1 atom stereocenters. The molecule has 1 N–H and O–H groups in total. The number of anilines is 1. The molecule has 0 aliphatic carbocycles. The predicted octanol–water partition coefficient (Wildman–Crippen LogP) is 2.67. The van der Waals surface area contributed by atoms with Crippen molar-refractivity contribution >= 4 is 23.5 Å².